The lowest BCUT2D eigenvalue weighted by atomic mass is 10.1. The van der Waals surface area contributed by atoms with Crippen molar-refractivity contribution in [2.75, 3.05) is 13.1 Å². The normalized spacial score (nSPS) is 17.9. The fourth-order valence-electron chi connectivity index (χ4n) is 2.13. The average molecular weight is 282 g/mol. The van der Waals surface area contributed by atoms with Crippen molar-refractivity contribution >= 4 is 10.0 Å². The maximum atomic E-state index is 12.2. The fourth-order valence-corrected chi connectivity index (χ4v) is 3.39. The molecule has 5 nitrogen and oxygen atoms in total. The van der Waals surface area contributed by atoms with Crippen LogP contribution in [0.5, 0.6) is 5.75 Å². The van der Waals surface area contributed by atoms with E-state index in [1.54, 1.807) is 6.07 Å². The second kappa shape index (κ2) is 5.32. The number of rotatable bonds is 5. The van der Waals surface area contributed by atoms with Crippen LogP contribution in [0.1, 0.15) is 11.1 Å². The van der Waals surface area contributed by atoms with E-state index in [0.29, 0.717) is 18.7 Å². The van der Waals surface area contributed by atoms with Gasteiger partial charge in [-0.25, -0.2) is 13.1 Å². The molecule has 1 aliphatic rings. The van der Waals surface area contributed by atoms with Crippen molar-refractivity contribution in [1.29, 1.82) is 0 Å². The molecular weight excluding hydrogens is 264 g/mol. The monoisotopic (exact) mass is 282 g/mol. The number of hydrogen-bond acceptors (Lipinski definition) is 4. The first-order valence-electron chi connectivity index (χ1n) is 6.08. The van der Waals surface area contributed by atoms with Crippen molar-refractivity contribution in [3.8, 4) is 5.75 Å². The first-order valence-corrected chi connectivity index (χ1v) is 7.57. The summed E-state index contributed by atoms with van der Waals surface area (Å²) >= 11 is 0. The third kappa shape index (κ3) is 2.80. The third-order valence-electron chi connectivity index (χ3n) is 2.98. The molecule has 0 aromatic heterocycles. The highest BCUT2D eigenvalue weighted by atomic mass is 32.2. The summed E-state index contributed by atoms with van der Waals surface area (Å²) in [5, 5.41) is 0. The maximum Gasteiger partial charge on any atom is 0.244 e. The van der Waals surface area contributed by atoms with Gasteiger partial charge in [0.05, 0.1) is 0 Å². The van der Waals surface area contributed by atoms with Gasteiger partial charge in [-0.1, -0.05) is 12.1 Å². The first kappa shape index (κ1) is 14.0. The van der Waals surface area contributed by atoms with Gasteiger partial charge in [0.15, 0.2) is 0 Å². The van der Waals surface area contributed by atoms with Gasteiger partial charge in [-0.2, -0.15) is 0 Å². The van der Waals surface area contributed by atoms with Crippen LogP contribution in [-0.2, 0) is 16.4 Å². The molecule has 0 radical (unpaired) electrons. The predicted molar refractivity (Wildman–Crippen MR) is 73.7 cm³/mol. The Labute approximate surface area is 113 Å². The Morgan fingerprint density at radius 1 is 1.58 bits per heavy atom. The Balaban J connectivity index is 2.45. The van der Waals surface area contributed by atoms with Crippen LogP contribution in [0, 0.1) is 6.92 Å². The highest BCUT2D eigenvalue weighted by Crippen LogP contribution is 2.36. The minimum Gasteiger partial charge on any atom is -0.487 e. The predicted octanol–water partition coefficient (Wildman–Crippen LogP) is 0.722. The molecule has 0 amide bonds. The maximum absolute atomic E-state index is 12.2. The number of aryl methyl sites for hydroxylation is 1. The molecule has 2 rings (SSSR count). The molecular formula is C13H18N2O3S. The summed E-state index contributed by atoms with van der Waals surface area (Å²) < 4.78 is 32.6. The SMILES string of the molecule is C=CCNS(=O)(=O)c1cc(C)cc2c1OC(CN)C2. The largest absolute Gasteiger partial charge is 0.487 e. The second-order valence-electron chi connectivity index (χ2n) is 4.57. The Hall–Kier alpha value is -1.37. The summed E-state index contributed by atoms with van der Waals surface area (Å²) in [5.74, 6) is 0.428. The molecule has 0 fully saturated rings. The van der Waals surface area contributed by atoms with E-state index < -0.39 is 10.0 Å². The van der Waals surface area contributed by atoms with Gasteiger partial charge >= 0.3 is 0 Å². The number of sulfonamides is 1. The zero-order valence-electron chi connectivity index (χ0n) is 10.8. The van der Waals surface area contributed by atoms with Crippen LogP contribution in [0.15, 0.2) is 29.7 Å². The van der Waals surface area contributed by atoms with E-state index in [4.69, 9.17) is 10.5 Å². The molecule has 1 heterocycles. The Bertz CT molecular complexity index is 596. The molecule has 0 saturated carbocycles. The fraction of sp³-hybridized carbons (Fsp3) is 0.385. The highest BCUT2D eigenvalue weighted by Gasteiger charge is 2.29. The van der Waals surface area contributed by atoms with Crippen LogP contribution in [0.25, 0.3) is 0 Å². The molecule has 1 aromatic carbocycles. The van der Waals surface area contributed by atoms with Crippen molar-refractivity contribution in [2.45, 2.75) is 24.3 Å². The van der Waals surface area contributed by atoms with Gasteiger partial charge in [0, 0.05) is 19.5 Å². The van der Waals surface area contributed by atoms with E-state index in [-0.39, 0.29) is 17.5 Å². The second-order valence-corrected chi connectivity index (χ2v) is 6.31. The molecule has 1 atom stereocenters. The molecule has 19 heavy (non-hydrogen) atoms. The molecule has 1 aromatic rings. The van der Waals surface area contributed by atoms with Crippen LogP contribution >= 0.6 is 0 Å². The number of hydrogen-bond donors (Lipinski definition) is 2. The van der Waals surface area contributed by atoms with Crippen LogP contribution in [0.4, 0.5) is 0 Å². The van der Waals surface area contributed by atoms with Crippen LogP contribution in [0.2, 0.25) is 0 Å². The number of nitrogens with two attached hydrogens (primary N) is 1. The average Bonchev–Trinajstić information content (AvgIpc) is 2.78. The van der Waals surface area contributed by atoms with E-state index in [1.165, 1.54) is 6.08 Å². The first-order chi connectivity index (χ1) is 8.97. The smallest absolute Gasteiger partial charge is 0.244 e. The van der Waals surface area contributed by atoms with Crippen molar-refractivity contribution in [3.05, 3.63) is 35.9 Å². The third-order valence-corrected chi connectivity index (χ3v) is 4.41. The van der Waals surface area contributed by atoms with Crippen molar-refractivity contribution in [3.63, 3.8) is 0 Å². The summed E-state index contributed by atoms with van der Waals surface area (Å²) in [4.78, 5) is 0.181. The van der Waals surface area contributed by atoms with E-state index in [9.17, 15) is 8.42 Å². The van der Waals surface area contributed by atoms with E-state index >= 15 is 0 Å². The molecule has 0 aliphatic carbocycles. The summed E-state index contributed by atoms with van der Waals surface area (Å²) in [7, 11) is -3.59. The molecule has 104 valence electrons. The van der Waals surface area contributed by atoms with Gasteiger partial charge < -0.3 is 10.5 Å². The van der Waals surface area contributed by atoms with Crippen molar-refractivity contribution in [1.82, 2.24) is 4.72 Å². The molecule has 1 aliphatic heterocycles. The van der Waals surface area contributed by atoms with Crippen LogP contribution < -0.4 is 15.2 Å². The summed E-state index contributed by atoms with van der Waals surface area (Å²) in [6.45, 7) is 5.92. The molecule has 3 N–H and O–H groups in total. The zero-order chi connectivity index (χ0) is 14.0. The lowest BCUT2D eigenvalue weighted by molar-refractivity contribution is 0.236. The molecule has 6 heteroatoms. The standard InChI is InChI=1S/C13H18N2O3S/c1-3-4-15-19(16,17)12-6-9(2)5-10-7-11(8-14)18-13(10)12/h3,5-6,11,15H,1,4,7-8,14H2,2H3. The molecule has 0 bridgehead atoms. The van der Waals surface area contributed by atoms with Gasteiger partial charge in [0.2, 0.25) is 10.0 Å². The minimum atomic E-state index is -3.59. The summed E-state index contributed by atoms with van der Waals surface area (Å²) in [5.41, 5.74) is 7.37. The van der Waals surface area contributed by atoms with E-state index in [0.717, 1.165) is 11.1 Å². The zero-order valence-corrected chi connectivity index (χ0v) is 11.7. The highest BCUT2D eigenvalue weighted by molar-refractivity contribution is 7.89. The Morgan fingerprint density at radius 2 is 2.32 bits per heavy atom. The van der Waals surface area contributed by atoms with Gasteiger partial charge in [0.1, 0.15) is 16.7 Å². The number of nitrogens with one attached hydrogen (secondary N) is 1. The summed E-state index contributed by atoms with van der Waals surface area (Å²) in [6, 6.07) is 3.56. The van der Waals surface area contributed by atoms with Crippen LogP contribution in [0.3, 0.4) is 0 Å². The van der Waals surface area contributed by atoms with Crippen LogP contribution in [-0.4, -0.2) is 27.6 Å². The van der Waals surface area contributed by atoms with E-state index in [1.807, 2.05) is 13.0 Å². The minimum absolute atomic E-state index is 0.148. The van der Waals surface area contributed by atoms with Gasteiger partial charge in [-0.15, -0.1) is 6.58 Å². The number of ether oxygens (including phenoxy) is 1. The number of fused-ring (bicyclic) bond motifs is 1. The van der Waals surface area contributed by atoms with Crippen molar-refractivity contribution in [2.24, 2.45) is 5.73 Å². The Morgan fingerprint density at radius 3 is 2.95 bits per heavy atom. The topological polar surface area (TPSA) is 81.4 Å². The van der Waals surface area contributed by atoms with E-state index in [2.05, 4.69) is 11.3 Å². The van der Waals surface area contributed by atoms with Crippen molar-refractivity contribution < 1.29 is 13.2 Å². The molecule has 0 saturated heterocycles. The Kier molecular flexibility index (Phi) is 3.93. The molecule has 0 spiro atoms. The molecule has 1 unspecified atom stereocenters. The van der Waals surface area contributed by atoms with Gasteiger partial charge in [0.25, 0.3) is 0 Å². The summed E-state index contributed by atoms with van der Waals surface area (Å²) in [6.07, 6.45) is 2.00. The lowest BCUT2D eigenvalue weighted by Crippen LogP contribution is -2.26. The quantitative estimate of drug-likeness (QED) is 0.780. The lowest BCUT2D eigenvalue weighted by Gasteiger charge is -2.12. The van der Waals surface area contributed by atoms with Gasteiger partial charge in [-0.3, -0.25) is 0 Å². The number of benzene rings is 1. The van der Waals surface area contributed by atoms with Gasteiger partial charge in [-0.05, 0) is 24.1 Å².